The number of likely N-dealkylation sites (tertiary alicyclic amines) is 1. The SMILES string of the molecule is Cc1nnc(CNC(=NCc2ccccc2)NCc2ccc(CN3CCCC3)cc2)n1C. The van der Waals surface area contributed by atoms with Crippen molar-refractivity contribution < 1.29 is 0 Å². The molecular weight excluding hydrogens is 398 g/mol. The molecule has 7 nitrogen and oxygen atoms in total. The molecule has 2 aromatic carbocycles. The van der Waals surface area contributed by atoms with Gasteiger partial charge < -0.3 is 15.2 Å². The van der Waals surface area contributed by atoms with Gasteiger partial charge in [0.05, 0.1) is 13.1 Å². The van der Waals surface area contributed by atoms with Crippen LogP contribution in [0.25, 0.3) is 0 Å². The van der Waals surface area contributed by atoms with Crippen molar-refractivity contribution in [1.29, 1.82) is 0 Å². The summed E-state index contributed by atoms with van der Waals surface area (Å²) in [6.07, 6.45) is 2.65. The Bertz CT molecular complexity index is 1000. The first kappa shape index (κ1) is 22.0. The summed E-state index contributed by atoms with van der Waals surface area (Å²) in [5.74, 6) is 2.53. The summed E-state index contributed by atoms with van der Waals surface area (Å²) in [7, 11) is 1.98. The zero-order chi connectivity index (χ0) is 22.2. The molecule has 0 amide bonds. The van der Waals surface area contributed by atoms with Gasteiger partial charge in [-0.25, -0.2) is 4.99 Å². The summed E-state index contributed by atoms with van der Waals surface area (Å²) < 4.78 is 1.99. The maximum absolute atomic E-state index is 4.78. The minimum absolute atomic E-state index is 0.562. The predicted octanol–water partition coefficient (Wildman–Crippen LogP) is 3.15. The summed E-state index contributed by atoms with van der Waals surface area (Å²) in [4.78, 5) is 7.30. The van der Waals surface area contributed by atoms with E-state index >= 15 is 0 Å². The quantitative estimate of drug-likeness (QED) is 0.424. The minimum atomic E-state index is 0.562. The van der Waals surface area contributed by atoms with Crippen LogP contribution in [0.3, 0.4) is 0 Å². The molecule has 7 heteroatoms. The molecule has 32 heavy (non-hydrogen) atoms. The van der Waals surface area contributed by atoms with E-state index in [4.69, 9.17) is 4.99 Å². The fourth-order valence-electron chi connectivity index (χ4n) is 3.84. The zero-order valence-electron chi connectivity index (χ0n) is 19.1. The van der Waals surface area contributed by atoms with Gasteiger partial charge in [-0.05, 0) is 49.5 Å². The molecule has 0 spiro atoms. The average Bonchev–Trinajstić information content (AvgIpc) is 3.45. The van der Waals surface area contributed by atoms with Crippen LogP contribution < -0.4 is 10.6 Å². The molecule has 1 aromatic heterocycles. The van der Waals surface area contributed by atoms with Crippen LogP contribution in [-0.2, 0) is 33.2 Å². The molecule has 1 fully saturated rings. The molecule has 4 rings (SSSR count). The molecule has 2 N–H and O–H groups in total. The number of nitrogens with zero attached hydrogens (tertiary/aromatic N) is 5. The van der Waals surface area contributed by atoms with E-state index in [9.17, 15) is 0 Å². The Balaban J connectivity index is 1.37. The summed E-state index contributed by atoms with van der Waals surface area (Å²) in [5, 5.41) is 15.2. The molecule has 0 radical (unpaired) electrons. The number of aromatic nitrogens is 3. The lowest BCUT2D eigenvalue weighted by molar-refractivity contribution is 0.331. The van der Waals surface area contributed by atoms with Crippen LogP contribution in [0.1, 0.15) is 41.2 Å². The third-order valence-electron chi connectivity index (χ3n) is 5.95. The Hall–Kier alpha value is -3.19. The van der Waals surface area contributed by atoms with Crippen molar-refractivity contribution in [2.24, 2.45) is 12.0 Å². The van der Waals surface area contributed by atoms with Gasteiger partial charge in [-0.1, -0.05) is 54.6 Å². The molecule has 3 aromatic rings. The summed E-state index contributed by atoms with van der Waals surface area (Å²) in [5.41, 5.74) is 3.79. The highest BCUT2D eigenvalue weighted by Crippen LogP contribution is 2.13. The molecule has 0 unspecified atom stereocenters. The van der Waals surface area contributed by atoms with E-state index in [2.05, 4.69) is 62.1 Å². The smallest absolute Gasteiger partial charge is 0.192 e. The highest BCUT2D eigenvalue weighted by atomic mass is 15.3. The van der Waals surface area contributed by atoms with E-state index in [1.54, 1.807) is 0 Å². The Kier molecular flexibility index (Phi) is 7.51. The van der Waals surface area contributed by atoms with Crippen molar-refractivity contribution in [3.63, 3.8) is 0 Å². The van der Waals surface area contributed by atoms with Crippen LogP contribution in [0.5, 0.6) is 0 Å². The Morgan fingerprint density at radius 2 is 1.56 bits per heavy atom. The molecule has 1 aliphatic heterocycles. The Morgan fingerprint density at radius 1 is 0.875 bits per heavy atom. The number of benzene rings is 2. The lowest BCUT2D eigenvalue weighted by Crippen LogP contribution is -2.37. The van der Waals surface area contributed by atoms with Crippen LogP contribution in [-0.4, -0.2) is 38.7 Å². The van der Waals surface area contributed by atoms with E-state index < -0.39 is 0 Å². The number of rotatable bonds is 8. The Morgan fingerprint density at radius 3 is 2.25 bits per heavy atom. The topological polar surface area (TPSA) is 70.4 Å². The van der Waals surface area contributed by atoms with E-state index in [1.165, 1.54) is 42.6 Å². The van der Waals surface area contributed by atoms with Crippen LogP contribution in [0.2, 0.25) is 0 Å². The fraction of sp³-hybridized carbons (Fsp3) is 0.400. The second-order valence-corrected chi connectivity index (χ2v) is 8.38. The zero-order valence-corrected chi connectivity index (χ0v) is 19.1. The summed E-state index contributed by atoms with van der Waals surface area (Å²) in [6, 6.07) is 19.2. The Labute approximate surface area is 190 Å². The summed E-state index contributed by atoms with van der Waals surface area (Å²) >= 11 is 0. The van der Waals surface area contributed by atoms with Gasteiger partial charge in [-0.15, -0.1) is 10.2 Å². The molecule has 1 saturated heterocycles. The molecule has 1 aliphatic rings. The average molecular weight is 432 g/mol. The van der Waals surface area contributed by atoms with Gasteiger partial charge >= 0.3 is 0 Å². The van der Waals surface area contributed by atoms with Gasteiger partial charge in [-0.3, -0.25) is 4.90 Å². The molecule has 0 bridgehead atoms. The number of aliphatic imine (C=N–C) groups is 1. The lowest BCUT2D eigenvalue weighted by Gasteiger charge is -2.15. The molecular formula is C25H33N7. The van der Waals surface area contributed by atoms with E-state index in [-0.39, 0.29) is 0 Å². The molecule has 168 valence electrons. The first-order valence-corrected chi connectivity index (χ1v) is 11.4. The van der Waals surface area contributed by atoms with Crippen molar-refractivity contribution in [3.05, 3.63) is 82.9 Å². The maximum Gasteiger partial charge on any atom is 0.192 e. The highest BCUT2D eigenvalue weighted by Gasteiger charge is 2.11. The third-order valence-corrected chi connectivity index (χ3v) is 5.95. The number of hydrogen-bond donors (Lipinski definition) is 2. The van der Waals surface area contributed by atoms with Gasteiger partial charge in [0, 0.05) is 20.1 Å². The van der Waals surface area contributed by atoms with Crippen molar-refractivity contribution >= 4 is 5.96 Å². The van der Waals surface area contributed by atoms with Gasteiger partial charge in [-0.2, -0.15) is 0 Å². The standard InChI is InChI=1S/C25H33N7/c1-20-29-30-24(31(20)2)18-28-25(26-16-21-8-4-3-5-9-21)27-17-22-10-12-23(13-11-22)19-32-14-6-7-15-32/h3-5,8-13H,6-7,14-19H2,1-2H3,(H2,26,27,28). The van der Waals surface area contributed by atoms with Crippen LogP contribution in [0.15, 0.2) is 59.6 Å². The van der Waals surface area contributed by atoms with Gasteiger partial charge in [0.25, 0.3) is 0 Å². The summed E-state index contributed by atoms with van der Waals surface area (Å²) in [6.45, 7) is 7.34. The number of hydrogen-bond acceptors (Lipinski definition) is 4. The molecule has 0 saturated carbocycles. The van der Waals surface area contributed by atoms with Crippen molar-refractivity contribution in [1.82, 2.24) is 30.3 Å². The van der Waals surface area contributed by atoms with Gasteiger partial charge in [0.2, 0.25) is 0 Å². The monoisotopic (exact) mass is 431 g/mol. The van der Waals surface area contributed by atoms with Crippen LogP contribution >= 0.6 is 0 Å². The van der Waals surface area contributed by atoms with Crippen molar-refractivity contribution in [2.45, 2.75) is 45.9 Å². The van der Waals surface area contributed by atoms with Gasteiger partial charge in [0.1, 0.15) is 5.82 Å². The molecule has 2 heterocycles. The number of nitrogens with one attached hydrogen (secondary N) is 2. The van der Waals surface area contributed by atoms with Gasteiger partial charge in [0.15, 0.2) is 11.8 Å². The normalized spacial score (nSPS) is 14.6. The number of guanidine groups is 1. The lowest BCUT2D eigenvalue weighted by atomic mass is 10.1. The first-order chi connectivity index (χ1) is 15.7. The number of aryl methyl sites for hydroxylation is 1. The first-order valence-electron chi connectivity index (χ1n) is 11.4. The van der Waals surface area contributed by atoms with E-state index in [1.807, 2.05) is 36.7 Å². The maximum atomic E-state index is 4.78. The van der Waals surface area contributed by atoms with Crippen molar-refractivity contribution in [2.75, 3.05) is 13.1 Å². The molecule has 0 aliphatic carbocycles. The largest absolute Gasteiger partial charge is 0.352 e. The minimum Gasteiger partial charge on any atom is -0.352 e. The predicted molar refractivity (Wildman–Crippen MR) is 128 cm³/mol. The second kappa shape index (κ2) is 10.9. The second-order valence-electron chi connectivity index (χ2n) is 8.38. The fourth-order valence-corrected chi connectivity index (χ4v) is 3.84. The van der Waals surface area contributed by atoms with E-state index in [0.717, 1.165) is 24.2 Å². The van der Waals surface area contributed by atoms with Crippen LogP contribution in [0, 0.1) is 6.92 Å². The van der Waals surface area contributed by atoms with E-state index in [0.29, 0.717) is 19.6 Å². The van der Waals surface area contributed by atoms with Crippen LogP contribution in [0.4, 0.5) is 0 Å². The molecule has 0 atom stereocenters. The van der Waals surface area contributed by atoms with Crippen molar-refractivity contribution in [3.8, 4) is 0 Å². The third kappa shape index (κ3) is 6.17. The highest BCUT2D eigenvalue weighted by molar-refractivity contribution is 5.79.